The van der Waals surface area contributed by atoms with Crippen LogP contribution in [0.4, 0.5) is 0 Å². The first kappa shape index (κ1) is 19.2. The predicted molar refractivity (Wildman–Crippen MR) is 104 cm³/mol. The van der Waals surface area contributed by atoms with Crippen LogP contribution in [-0.4, -0.2) is 5.97 Å². The van der Waals surface area contributed by atoms with Crippen LogP contribution in [-0.2, 0) is 11.2 Å². The van der Waals surface area contributed by atoms with Crippen molar-refractivity contribution < 1.29 is 9.53 Å². The van der Waals surface area contributed by atoms with Gasteiger partial charge in [-0.15, -0.1) is 0 Å². The molecule has 0 spiro atoms. The first-order valence-corrected chi connectivity index (χ1v) is 9.53. The van der Waals surface area contributed by atoms with Crippen molar-refractivity contribution in [3.05, 3.63) is 65.7 Å². The van der Waals surface area contributed by atoms with E-state index in [0.29, 0.717) is 5.75 Å². The zero-order valence-corrected chi connectivity index (χ0v) is 15.5. The molecule has 0 radical (unpaired) electrons. The minimum absolute atomic E-state index is 0.0365. The summed E-state index contributed by atoms with van der Waals surface area (Å²) in [6.07, 6.45) is 7.91. The quantitative estimate of drug-likeness (QED) is 0.294. The first-order valence-electron chi connectivity index (χ1n) is 9.53. The lowest BCUT2D eigenvalue weighted by Crippen LogP contribution is -2.17. The average Bonchev–Trinajstić information content (AvgIpc) is 2.64. The molecule has 25 heavy (non-hydrogen) atoms. The second-order valence-corrected chi connectivity index (χ2v) is 6.83. The molecular weight excluding hydrogens is 308 g/mol. The van der Waals surface area contributed by atoms with Gasteiger partial charge in [-0.3, -0.25) is 4.79 Å². The van der Waals surface area contributed by atoms with E-state index in [1.165, 1.54) is 36.8 Å². The number of esters is 1. The third-order valence-corrected chi connectivity index (χ3v) is 4.54. The second kappa shape index (κ2) is 10.7. The van der Waals surface area contributed by atoms with E-state index >= 15 is 0 Å². The van der Waals surface area contributed by atoms with Gasteiger partial charge in [-0.1, -0.05) is 88.4 Å². The molecule has 1 atom stereocenters. The molecule has 2 aromatic rings. The summed E-state index contributed by atoms with van der Waals surface area (Å²) in [6.45, 7) is 4.18. The molecule has 2 rings (SSSR count). The molecule has 0 aliphatic carbocycles. The zero-order chi connectivity index (χ0) is 17.9. The lowest BCUT2D eigenvalue weighted by atomic mass is 10.0. The number of ether oxygens (including phenoxy) is 1. The lowest BCUT2D eigenvalue weighted by Gasteiger charge is -2.11. The number of unbranched alkanes of at least 4 members (excludes halogenated alkanes) is 4. The van der Waals surface area contributed by atoms with Crippen molar-refractivity contribution in [3.63, 3.8) is 0 Å². The van der Waals surface area contributed by atoms with Crippen LogP contribution in [0.5, 0.6) is 5.75 Å². The molecule has 2 nitrogen and oxygen atoms in total. The van der Waals surface area contributed by atoms with Crippen LogP contribution in [0.1, 0.15) is 63.5 Å². The van der Waals surface area contributed by atoms with E-state index in [9.17, 15) is 4.79 Å². The van der Waals surface area contributed by atoms with Gasteiger partial charge in [0.15, 0.2) is 0 Å². The third-order valence-electron chi connectivity index (χ3n) is 4.54. The molecule has 0 aliphatic heterocycles. The topological polar surface area (TPSA) is 26.3 Å². The summed E-state index contributed by atoms with van der Waals surface area (Å²) in [5, 5.41) is 0. The number of hydrogen-bond acceptors (Lipinski definition) is 2. The summed E-state index contributed by atoms with van der Waals surface area (Å²) < 4.78 is 5.52. The van der Waals surface area contributed by atoms with Crippen LogP contribution < -0.4 is 4.74 Å². The van der Waals surface area contributed by atoms with Gasteiger partial charge >= 0.3 is 5.97 Å². The minimum atomic E-state index is -0.119. The Balaban J connectivity index is 1.77. The Morgan fingerprint density at radius 3 is 2.20 bits per heavy atom. The number of carbonyl (C=O) groups excluding carboxylic acids is 1. The highest BCUT2D eigenvalue weighted by Gasteiger charge is 2.14. The molecule has 0 aliphatic rings. The van der Waals surface area contributed by atoms with E-state index in [1.807, 2.05) is 37.3 Å². The van der Waals surface area contributed by atoms with Crippen molar-refractivity contribution in [2.75, 3.05) is 0 Å². The van der Waals surface area contributed by atoms with E-state index in [0.717, 1.165) is 19.3 Å². The molecule has 0 amide bonds. The number of rotatable bonds is 10. The van der Waals surface area contributed by atoms with Gasteiger partial charge in [-0.05, 0) is 36.1 Å². The Labute approximate surface area is 152 Å². The van der Waals surface area contributed by atoms with Crippen LogP contribution in [0, 0.1) is 5.92 Å². The maximum atomic E-state index is 12.2. The summed E-state index contributed by atoms with van der Waals surface area (Å²) >= 11 is 0. The lowest BCUT2D eigenvalue weighted by molar-refractivity contribution is -0.138. The summed E-state index contributed by atoms with van der Waals surface area (Å²) in [6, 6.07) is 18.2. The van der Waals surface area contributed by atoms with Gasteiger partial charge in [0.25, 0.3) is 0 Å². The Morgan fingerprint density at radius 1 is 0.880 bits per heavy atom. The number of carbonyl (C=O) groups is 1. The standard InChI is InChI=1S/C23H30O2/c1-3-4-5-6-8-11-19(2)23(24)25-22-16-14-21(15-17-22)18-20-12-9-7-10-13-20/h7,9-10,12-17,19H,3-6,8,11,18H2,1-2H3. The van der Waals surface area contributed by atoms with Crippen LogP contribution >= 0.6 is 0 Å². The van der Waals surface area contributed by atoms with Crippen LogP contribution in [0.2, 0.25) is 0 Å². The van der Waals surface area contributed by atoms with E-state index in [4.69, 9.17) is 4.74 Å². The van der Waals surface area contributed by atoms with Gasteiger partial charge in [0, 0.05) is 0 Å². The van der Waals surface area contributed by atoms with Gasteiger partial charge in [0.1, 0.15) is 5.75 Å². The van der Waals surface area contributed by atoms with Crippen molar-refractivity contribution in [1.82, 2.24) is 0 Å². The average molecular weight is 338 g/mol. The molecule has 0 saturated heterocycles. The molecule has 0 N–H and O–H groups in total. The van der Waals surface area contributed by atoms with Crippen molar-refractivity contribution >= 4 is 5.97 Å². The Hall–Kier alpha value is -2.09. The summed E-state index contributed by atoms with van der Waals surface area (Å²) in [5.41, 5.74) is 2.50. The van der Waals surface area contributed by atoms with E-state index in [2.05, 4.69) is 31.2 Å². The normalized spacial score (nSPS) is 11.9. The predicted octanol–water partition coefficient (Wildman–Crippen LogP) is 6.18. The van der Waals surface area contributed by atoms with Crippen LogP contribution in [0.15, 0.2) is 54.6 Å². The molecule has 0 fully saturated rings. The molecule has 2 heteroatoms. The van der Waals surface area contributed by atoms with Gasteiger partial charge < -0.3 is 4.74 Å². The minimum Gasteiger partial charge on any atom is -0.426 e. The summed E-state index contributed by atoms with van der Waals surface area (Å²) in [7, 11) is 0. The fraction of sp³-hybridized carbons (Fsp3) is 0.435. The SMILES string of the molecule is CCCCCCCC(C)C(=O)Oc1ccc(Cc2ccccc2)cc1. The molecule has 1 unspecified atom stereocenters. The van der Waals surface area contributed by atoms with Crippen molar-refractivity contribution in [2.45, 2.75) is 58.8 Å². The van der Waals surface area contributed by atoms with Gasteiger partial charge in [-0.2, -0.15) is 0 Å². The van der Waals surface area contributed by atoms with Gasteiger partial charge in [0.2, 0.25) is 0 Å². The van der Waals surface area contributed by atoms with E-state index in [1.54, 1.807) is 0 Å². The summed E-state index contributed by atoms with van der Waals surface area (Å²) in [5.74, 6) is 0.483. The highest BCUT2D eigenvalue weighted by molar-refractivity contribution is 5.74. The van der Waals surface area contributed by atoms with E-state index < -0.39 is 0 Å². The highest BCUT2D eigenvalue weighted by Crippen LogP contribution is 2.18. The number of benzene rings is 2. The maximum Gasteiger partial charge on any atom is 0.314 e. The van der Waals surface area contributed by atoms with Gasteiger partial charge in [0.05, 0.1) is 5.92 Å². The molecule has 0 heterocycles. The summed E-state index contributed by atoms with van der Waals surface area (Å²) in [4.78, 5) is 12.2. The van der Waals surface area contributed by atoms with Crippen molar-refractivity contribution in [1.29, 1.82) is 0 Å². The Bertz CT molecular complexity index is 616. The van der Waals surface area contributed by atoms with Crippen molar-refractivity contribution in [2.24, 2.45) is 5.92 Å². The fourth-order valence-electron chi connectivity index (χ4n) is 2.90. The molecule has 134 valence electrons. The molecule has 0 saturated carbocycles. The maximum absolute atomic E-state index is 12.2. The highest BCUT2D eigenvalue weighted by atomic mass is 16.5. The second-order valence-electron chi connectivity index (χ2n) is 6.83. The smallest absolute Gasteiger partial charge is 0.314 e. The Kier molecular flexibility index (Phi) is 8.24. The zero-order valence-electron chi connectivity index (χ0n) is 15.5. The van der Waals surface area contributed by atoms with Crippen molar-refractivity contribution in [3.8, 4) is 5.75 Å². The Morgan fingerprint density at radius 2 is 1.52 bits per heavy atom. The van der Waals surface area contributed by atoms with Crippen LogP contribution in [0.25, 0.3) is 0 Å². The molecule has 2 aromatic carbocycles. The molecule has 0 aromatic heterocycles. The third kappa shape index (κ3) is 7.13. The number of hydrogen-bond donors (Lipinski definition) is 0. The monoisotopic (exact) mass is 338 g/mol. The fourth-order valence-corrected chi connectivity index (χ4v) is 2.90. The molecular formula is C23H30O2. The van der Waals surface area contributed by atoms with E-state index in [-0.39, 0.29) is 11.9 Å². The van der Waals surface area contributed by atoms with Gasteiger partial charge in [-0.25, -0.2) is 0 Å². The largest absolute Gasteiger partial charge is 0.426 e. The van der Waals surface area contributed by atoms with Crippen LogP contribution in [0.3, 0.4) is 0 Å². The molecule has 0 bridgehead atoms. The first-order chi connectivity index (χ1) is 12.2.